The molecule has 9 heteroatoms. The van der Waals surface area contributed by atoms with Gasteiger partial charge in [-0.2, -0.15) is 0 Å². The van der Waals surface area contributed by atoms with Gasteiger partial charge in [-0.05, 0) is 110 Å². The smallest absolute Gasteiger partial charge is 0.307 e. The summed E-state index contributed by atoms with van der Waals surface area (Å²) in [6.07, 6.45) is 8.68. The molecule has 6 rings (SSSR count). The van der Waals surface area contributed by atoms with Crippen LogP contribution < -0.4 is 4.72 Å². The van der Waals surface area contributed by atoms with Crippen LogP contribution in [0.15, 0.2) is 40.8 Å². The van der Waals surface area contributed by atoms with Crippen molar-refractivity contribution in [2.45, 2.75) is 143 Å². The Bertz CT molecular complexity index is 1670. The van der Waals surface area contributed by atoms with E-state index in [1.54, 1.807) is 19.2 Å². The fraction of sp³-hybridized carbons (Fsp3) is 0.795. The predicted octanol–water partition coefficient (Wildman–Crippen LogP) is 8.82. The summed E-state index contributed by atoms with van der Waals surface area (Å²) in [4.78, 5) is 13.7. The molecule has 0 spiro atoms. The molecular weight excluding hydrogens is 687 g/mol. The van der Waals surface area contributed by atoms with E-state index in [2.05, 4.69) is 59.3 Å². The summed E-state index contributed by atoms with van der Waals surface area (Å²) < 4.78 is 50.5. The summed E-state index contributed by atoms with van der Waals surface area (Å²) in [5, 5.41) is 11.0. The van der Waals surface area contributed by atoms with Gasteiger partial charge in [0.1, 0.15) is 0 Å². The van der Waals surface area contributed by atoms with Gasteiger partial charge in [0.15, 0.2) is 0 Å². The first-order chi connectivity index (χ1) is 24.7. The molecule has 1 aromatic rings. The van der Waals surface area contributed by atoms with E-state index >= 15 is 0 Å². The Morgan fingerprint density at radius 2 is 1.68 bits per heavy atom. The number of benzene rings is 1. The van der Waals surface area contributed by atoms with E-state index in [0.29, 0.717) is 43.8 Å². The van der Waals surface area contributed by atoms with Gasteiger partial charge in [0.05, 0.1) is 48.4 Å². The van der Waals surface area contributed by atoms with Crippen molar-refractivity contribution >= 4 is 16.0 Å². The van der Waals surface area contributed by atoms with E-state index in [0.717, 1.165) is 44.1 Å². The Labute approximate surface area is 320 Å². The zero-order valence-corrected chi connectivity index (χ0v) is 35.3. The minimum Gasteiger partial charge on any atom is -0.481 e. The van der Waals surface area contributed by atoms with Crippen molar-refractivity contribution in [2.24, 2.45) is 56.7 Å². The van der Waals surface area contributed by atoms with Crippen LogP contribution in [0.1, 0.15) is 119 Å². The summed E-state index contributed by atoms with van der Waals surface area (Å²) in [7, 11) is -1.99. The summed E-state index contributed by atoms with van der Waals surface area (Å²) >= 11 is 0. The highest BCUT2D eigenvalue weighted by Gasteiger charge is 2.71. The molecule has 1 heterocycles. The zero-order chi connectivity index (χ0) is 39.0. The quantitative estimate of drug-likeness (QED) is 0.205. The molecule has 298 valence electrons. The molecule has 2 bridgehead atoms. The summed E-state index contributed by atoms with van der Waals surface area (Å²) in [5.41, 5.74) is 0.327. The summed E-state index contributed by atoms with van der Waals surface area (Å²) in [6, 6.07) is 6.98. The first-order valence-corrected chi connectivity index (χ1v) is 22.0. The van der Waals surface area contributed by atoms with Gasteiger partial charge in [-0.3, -0.25) is 4.79 Å². The number of aryl methyl sites for hydroxylation is 1. The van der Waals surface area contributed by atoms with Crippen molar-refractivity contribution in [3.8, 4) is 0 Å². The lowest BCUT2D eigenvalue weighted by atomic mass is 9.34. The average Bonchev–Trinajstić information content (AvgIpc) is 3.10. The number of hydrogen-bond donors (Lipinski definition) is 2. The van der Waals surface area contributed by atoms with Gasteiger partial charge in [-0.1, -0.05) is 91.7 Å². The maximum absolute atomic E-state index is 13.7. The topological polar surface area (TPSA) is 111 Å². The highest BCUT2D eigenvalue weighted by atomic mass is 32.2. The van der Waals surface area contributed by atoms with Gasteiger partial charge in [0, 0.05) is 17.9 Å². The van der Waals surface area contributed by atoms with Gasteiger partial charge in [-0.25, -0.2) is 13.1 Å². The van der Waals surface area contributed by atoms with E-state index in [9.17, 15) is 18.3 Å². The third-order valence-corrected chi connectivity index (χ3v) is 18.5. The van der Waals surface area contributed by atoms with E-state index in [-0.39, 0.29) is 56.7 Å². The molecule has 8 nitrogen and oxygen atoms in total. The number of rotatable bonds is 12. The highest BCUT2D eigenvalue weighted by Crippen LogP contribution is 2.75. The standard InChI is InChI=1S/C44H69NO7S/c1-12-43(13-2,45-53(48,49)31-16-14-29(5)15-17-31)26-52-37-34(50-11)24-44-27-51-25-40(37,8)35(44)19-18-32-33(44)20-21-42(10)36(38(46)47)39(7,30(6)28(3)4)22-23-41(32,42)9/h14-17,20,28,30,32,34-37,45H,12-13,18-19,21-27H2,1-11H3,(H,46,47)/t30-,32+,34-,35+,36-,37+,39-,40-,41-,42+,44+/m1/s1. The lowest BCUT2D eigenvalue weighted by molar-refractivity contribution is -0.269. The lowest BCUT2D eigenvalue weighted by Crippen LogP contribution is -2.70. The summed E-state index contributed by atoms with van der Waals surface area (Å²) in [6.45, 7) is 23.5. The number of methoxy groups -OCH3 is 1. The van der Waals surface area contributed by atoms with Crippen LogP contribution in [0.5, 0.6) is 0 Å². The van der Waals surface area contributed by atoms with E-state index in [1.165, 1.54) is 5.57 Å². The number of ether oxygens (including phenoxy) is 3. The number of carboxylic acids is 1. The van der Waals surface area contributed by atoms with Crippen LogP contribution in [0.25, 0.3) is 0 Å². The molecule has 0 unspecified atom stereocenters. The molecule has 53 heavy (non-hydrogen) atoms. The number of carbonyl (C=O) groups is 1. The fourth-order valence-corrected chi connectivity index (χ4v) is 14.6. The van der Waals surface area contributed by atoms with Crippen LogP contribution in [-0.2, 0) is 29.0 Å². The van der Waals surface area contributed by atoms with Gasteiger partial charge in [-0.15, -0.1) is 0 Å². The third-order valence-electron chi connectivity index (χ3n) is 16.9. The van der Waals surface area contributed by atoms with Crippen molar-refractivity contribution in [1.29, 1.82) is 0 Å². The number of hydrogen-bond acceptors (Lipinski definition) is 6. The van der Waals surface area contributed by atoms with Gasteiger partial charge in [0.25, 0.3) is 0 Å². The van der Waals surface area contributed by atoms with Crippen molar-refractivity contribution in [1.82, 2.24) is 4.72 Å². The first-order valence-electron chi connectivity index (χ1n) is 20.5. The molecule has 4 fully saturated rings. The zero-order valence-electron chi connectivity index (χ0n) is 34.5. The van der Waals surface area contributed by atoms with Crippen LogP contribution in [0.2, 0.25) is 0 Å². The average molecular weight is 756 g/mol. The molecule has 0 aromatic heterocycles. The molecule has 1 saturated heterocycles. The molecule has 4 aliphatic carbocycles. The molecule has 1 aliphatic heterocycles. The Balaban J connectivity index is 1.32. The van der Waals surface area contributed by atoms with E-state index < -0.39 is 27.4 Å². The van der Waals surface area contributed by atoms with Crippen LogP contribution >= 0.6 is 0 Å². The normalized spacial score (nSPS) is 40.5. The number of allylic oxidation sites excluding steroid dienone is 1. The Kier molecular flexibility index (Phi) is 10.8. The molecule has 3 saturated carbocycles. The SMILES string of the molecule is CCC(CC)(CO[C@H]1[C@H](OC)C[C@@]23COC[C@]1(C)[C@@H]2CC[C@H]1C3=CC[C@@]2(C)[C@H](C(=O)O)[C@@](C)([C@H](C)C(C)C)CC[C@]12C)NS(=O)(=O)c1ccc(C)cc1. The second-order valence-corrected chi connectivity index (χ2v) is 21.1. The second-order valence-electron chi connectivity index (χ2n) is 19.5. The molecule has 0 amide bonds. The Hall–Kier alpha value is -1.78. The molecule has 0 radical (unpaired) electrons. The maximum atomic E-state index is 13.7. The molecule has 5 aliphatic rings. The number of nitrogens with one attached hydrogen (secondary N) is 1. The van der Waals surface area contributed by atoms with E-state index in [1.807, 2.05) is 32.9 Å². The van der Waals surface area contributed by atoms with Crippen molar-refractivity contribution in [2.75, 3.05) is 26.9 Å². The monoisotopic (exact) mass is 755 g/mol. The van der Waals surface area contributed by atoms with Crippen molar-refractivity contribution in [3.63, 3.8) is 0 Å². The van der Waals surface area contributed by atoms with E-state index in [4.69, 9.17) is 14.2 Å². The van der Waals surface area contributed by atoms with Gasteiger partial charge < -0.3 is 19.3 Å². The van der Waals surface area contributed by atoms with Crippen LogP contribution in [0, 0.1) is 63.6 Å². The third kappa shape index (κ3) is 6.11. The van der Waals surface area contributed by atoms with Crippen molar-refractivity contribution in [3.05, 3.63) is 41.5 Å². The fourth-order valence-electron chi connectivity index (χ4n) is 13.0. The minimum absolute atomic E-state index is 0.156. The van der Waals surface area contributed by atoms with Crippen LogP contribution in [0.4, 0.5) is 0 Å². The number of aliphatic carboxylic acids is 1. The molecule has 2 N–H and O–H groups in total. The first kappa shape index (κ1) is 40.9. The van der Waals surface area contributed by atoms with Crippen LogP contribution in [-0.4, -0.2) is 64.2 Å². The van der Waals surface area contributed by atoms with Crippen LogP contribution in [0.3, 0.4) is 0 Å². The Morgan fingerprint density at radius 1 is 1.02 bits per heavy atom. The van der Waals surface area contributed by atoms with Gasteiger partial charge in [0.2, 0.25) is 10.0 Å². The number of sulfonamides is 1. The Morgan fingerprint density at radius 3 is 2.26 bits per heavy atom. The highest BCUT2D eigenvalue weighted by molar-refractivity contribution is 7.89. The van der Waals surface area contributed by atoms with Gasteiger partial charge >= 0.3 is 5.97 Å². The molecule has 1 aromatic carbocycles. The number of carboxylic acid groups (broad SMARTS) is 1. The van der Waals surface area contributed by atoms with Crippen molar-refractivity contribution < 1.29 is 32.5 Å². The predicted molar refractivity (Wildman–Crippen MR) is 209 cm³/mol. The minimum atomic E-state index is -3.77. The number of fused-ring (bicyclic) bond motifs is 3. The maximum Gasteiger partial charge on any atom is 0.307 e. The largest absolute Gasteiger partial charge is 0.481 e. The second kappa shape index (κ2) is 14.0. The molecular formula is C44H69NO7S. The summed E-state index contributed by atoms with van der Waals surface area (Å²) in [5.74, 6) is 0.230. The lowest BCUT2D eigenvalue weighted by Gasteiger charge is -2.71. The molecule has 11 atom stereocenters.